The summed E-state index contributed by atoms with van der Waals surface area (Å²) >= 11 is 0. The lowest BCUT2D eigenvalue weighted by Gasteiger charge is -2.41. The van der Waals surface area contributed by atoms with Crippen LogP contribution in [0.2, 0.25) is 0 Å². The van der Waals surface area contributed by atoms with Crippen molar-refractivity contribution in [3.63, 3.8) is 0 Å². The Kier molecular flexibility index (Phi) is 4.57. The summed E-state index contributed by atoms with van der Waals surface area (Å²) < 4.78 is 11.8. The van der Waals surface area contributed by atoms with Crippen molar-refractivity contribution in [1.82, 2.24) is 0 Å². The van der Waals surface area contributed by atoms with Crippen LogP contribution < -0.4 is 0 Å². The lowest BCUT2D eigenvalue weighted by Crippen LogP contribution is -2.42. The van der Waals surface area contributed by atoms with Crippen molar-refractivity contribution in [2.75, 3.05) is 19.4 Å². The topological polar surface area (TPSA) is 18.5 Å². The number of hydrogen-bond acceptors (Lipinski definition) is 2. The van der Waals surface area contributed by atoms with Gasteiger partial charge in [0.25, 0.3) is 0 Å². The monoisotopic (exact) mass is 414 g/mol. The van der Waals surface area contributed by atoms with E-state index >= 15 is 0 Å². The van der Waals surface area contributed by atoms with Crippen molar-refractivity contribution in [2.45, 2.75) is 35.4 Å². The molecular weight excluding hydrogens is 387 g/mol. The maximum Gasteiger partial charge on any atom is 0.158 e. The van der Waals surface area contributed by atoms with Gasteiger partial charge in [0.1, 0.15) is 0 Å². The number of hydrogen-bond donors (Lipinski definition) is 0. The van der Waals surface area contributed by atoms with Crippen molar-refractivity contribution in [3.8, 4) is 0 Å². The van der Waals surface area contributed by atoms with Crippen molar-refractivity contribution >= 4 is 7.92 Å². The molecule has 0 amide bonds. The van der Waals surface area contributed by atoms with Gasteiger partial charge in [-0.3, -0.25) is 0 Å². The smallest absolute Gasteiger partial charge is 0.158 e. The molecule has 3 heterocycles. The summed E-state index contributed by atoms with van der Waals surface area (Å²) in [5.41, 5.74) is 5.06. The van der Waals surface area contributed by atoms with Crippen molar-refractivity contribution in [1.29, 1.82) is 0 Å². The Hall–Kier alpha value is -1.99. The van der Waals surface area contributed by atoms with Crippen LogP contribution in [0, 0.1) is 0 Å². The van der Waals surface area contributed by atoms with E-state index in [4.69, 9.17) is 9.47 Å². The van der Waals surface area contributed by atoms with Gasteiger partial charge in [0.2, 0.25) is 0 Å². The predicted octanol–water partition coefficient (Wildman–Crippen LogP) is 5.90. The van der Waals surface area contributed by atoms with Crippen LogP contribution in [0.1, 0.15) is 29.5 Å². The largest absolute Gasteiger partial charge is 0.350 e. The molecule has 3 atom stereocenters. The van der Waals surface area contributed by atoms with Crippen LogP contribution in [0.5, 0.6) is 0 Å². The summed E-state index contributed by atoms with van der Waals surface area (Å²) in [5, 5.41) is 0.154. The summed E-state index contributed by atoms with van der Waals surface area (Å²) in [5.74, 6) is 0. The fourth-order valence-corrected chi connectivity index (χ4v) is 10.9. The Balaban J connectivity index is 1.56. The molecule has 0 aliphatic carbocycles. The summed E-state index contributed by atoms with van der Waals surface area (Å²) in [7, 11) is -0.134. The van der Waals surface area contributed by atoms with E-state index in [9.17, 15) is 0 Å². The first-order valence-corrected chi connectivity index (χ1v) is 12.6. The average Bonchev–Trinajstić information content (AvgIpc) is 3.15. The molecule has 3 aliphatic heterocycles. The molecule has 0 bridgehead atoms. The molecule has 2 nitrogen and oxygen atoms in total. The molecule has 6 rings (SSSR count). The lowest BCUT2D eigenvalue weighted by molar-refractivity contribution is -0.0470. The number of rotatable bonds is 5. The molecule has 0 radical (unpaired) electrons. The molecule has 0 aromatic heterocycles. The first-order valence-electron chi connectivity index (χ1n) is 11.0. The molecule has 3 aromatic rings. The predicted molar refractivity (Wildman–Crippen MR) is 122 cm³/mol. The molecule has 3 fully saturated rings. The van der Waals surface area contributed by atoms with Crippen LogP contribution in [-0.2, 0) is 20.0 Å². The zero-order valence-corrected chi connectivity index (χ0v) is 18.0. The molecule has 0 spiro atoms. The zero-order chi connectivity index (χ0) is 20.0. The van der Waals surface area contributed by atoms with Gasteiger partial charge in [-0.15, -0.1) is 0 Å². The van der Waals surface area contributed by atoms with E-state index in [1.807, 2.05) is 0 Å². The van der Waals surface area contributed by atoms with Crippen LogP contribution in [0.3, 0.4) is 0 Å². The van der Waals surface area contributed by atoms with Crippen LogP contribution in [-0.4, -0.2) is 31.3 Å². The number of ether oxygens (including phenoxy) is 2. The van der Waals surface area contributed by atoms with Gasteiger partial charge in [-0.05, 0) is 34.9 Å². The van der Waals surface area contributed by atoms with Gasteiger partial charge in [0.05, 0.1) is 13.2 Å². The minimum absolute atomic E-state index is 0.00580. The van der Waals surface area contributed by atoms with E-state index in [-0.39, 0.29) is 24.8 Å². The SMILES string of the molecule is c1ccc(C2(c3ccccc3)CCP3C(CC4OCCO4)C32c2ccccc2)cc1. The Morgan fingerprint density at radius 3 is 1.73 bits per heavy atom. The van der Waals surface area contributed by atoms with Crippen LogP contribution in [0.25, 0.3) is 0 Å². The zero-order valence-electron chi connectivity index (χ0n) is 17.1. The summed E-state index contributed by atoms with van der Waals surface area (Å²) in [6.45, 7) is 1.46. The van der Waals surface area contributed by atoms with E-state index in [0.717, 1.165) is 19.6 Å². The third-order valence-electron chi connectivity index (χ3n) is 7.48. The molecular formula is C27H27O2P. The summed E-state index contributed by atoms with van der Waals surface area (Å²) in [6, 6.07) is 33.9. The van der Waals surface area contributed by atoms with E-state index < -0.39 is 0 Å². The highest BCUT2D eigenvalue weighted by molar-refractivity contribution is 7.68. The van der Waals surface area contributed by atoms with Gasteiger partial charge >= 0.3 is 0 Å². The standard InChI is InChI=1S/C27H27O2P/c1-4-10-21(11-5-1)26(22-12-6-2-7-13-22)16-19-30-24(20-25-28-17-18-29-25)27(26,30)23-14-8-3-9-15-23/h1-15,24-25H,16-20H2. The minimum atomic E-state index is -0.134. The maximum absolute atomic E-state index is 5.92. The van der Waals surface area contributed by atoms with E-state index in [1.165, 1.54) is 29.3 Å². The molecule has 152 valence electrons. The van der Waals surface area contributed by atoms with Gasteiger partial charge in [-0.1, -0.05) is 98.9 Å². The Bertz CT molecular complexity index is 961. The lowest BCUT2D eigenvalue weighted by atomic mass is 9.61. The molecule has 3 unspecified atom stereocenters. The molecule has 0 saturated carbocycles. The third-order valence-corrected chi connectivity index (χ3v) is 11.1. The Morgan fingerprint density at radius 1 is 0.700 bits per heavy atom. The van der Waals surface area contributed by atoms with Crippen LogP contribution in [0.15, 0.2) is 91.0 Å². The second-order valence-corrected chi connectivity index (χ2v) is 11.4. The maximum atomic E-state index is 5.92. The first kappa shape index (κ1) is 18.8. The minimum Gasteiger partial charge on any atom is -0.350 e. The van der Waals surface area contributed by atoms with Crippen molar-refractivity contribution in [3.05, 3.63) is 108 Å². The number of benzene rings is 3. The fraction of sp³-hybridized carbons (Fsp3) is 0.333. The molecule has 3 heteroatoms. The van der Waals surface area contributed by atoms with Gasteiger partial charge in [0.15, 0.2) is 6.29 Å². The van der Waals surface area contributed by atoms with Crippen molar-refractivity contribution in [2.24, 2.45) is 0 Å². The summed E-state index contributed by atoms with van der Waals surface area (Å²) in [4.78, 5) is 0. The molecule has 30 heavy (non-hydrogen) atoms. The summed E-state index contributed by atoms with van der Waals surface area (Å²) in [6.07, 6.45) is 3.51. The highest BCUT2D eigenvalue weighted by Crippen LogP contribution is 2.92. The quantitative estimate of drug-likeness (QED) is 0.484. The van der Waals surface area contributed by atoms with Gasteiger partial charge in [-0.25, -0.2) is 0 Å². The van der Waals surface area contributed by atoms with Crippen LogP contribution in [0.4, 0.5) is 0 Å². The van der Waals surface area contributed by atoms with Gasteiger partial charge in [0, 0.05) is 17.0 Å². The highest BCUT2D eigenvalue weighted by atomic mass is 31.1. The van der Waals surface area contributed by atoms with Crippen molar-refractivity contribution < 1.29 is 9.47 Å². The highest BCUT2D eigenvalue weighted by Gasteiger charge is 2.78. The molecule has 3 aliphatic rings. The first-order chi connectivity index (χ1) is 14.9. The van der Waals surface area contributed by atoms with Gasteiger partial charge in [-0.2, -0.15) is 0 Å². The second kappa shape index (κ2) is 7.31. The Labute approximate surface area is 180 Å². The van der Waals surface area contributed by atoms with E-state index in [2.05, 4.69) is 91.0 Å². The number of fused-ring (bicyclic) bond motifs is 1. The Morgan fingerprint density at radius 2 is 1.20 bits per heavy atom. The van der Waals surface area contributed by atoms with E-state index in [0.29, 0.717) is 5.66 Å². The van der Waals surface area contributed by atoms with E-state index in [1.54, 1.807) is 0 Å². The second-order valence-electron chi connectivity index (χ2n) is 8.64. The molecule has 3 aromatic carbocycles. The normalized spacial score (nSPS) is 29.6. The fourth-order valence-electron chi connectivity index (χ4n) is 6.41. The third kappa shape index (κ3) is 2.54. The van der Waals surface area contributed by atoms with Crippen LogP contribution >= 0.6 is 7.92 Å². The molecule has 0 N–H and O–H groups in total. The average molecular weight is 414 g/mol. The van der Waals surface area contributed by atoms with Gasteiger partial charge < -0.3 is 9.47 Å². The molecule has 3 saturated heterocycles.